The second-order valence-electron chi connectivity index (χ2n) is 10.8. The minimum Gasteiger partial charge on any atom is -0.497 e. The van der Waals surface area contributed by atoms with Gasteiger partial charge >= 0.3 is 0 Å². The number of rotatable bonds is 4. The van der Waals surface area contributed by atoms with Crippen LogP contribution in [0.25, 0.3) is 10.9 Å². The molecule has 3 aliphatic heterocycles. The van der Waals surface area contributed by atoms with Crippen molar-refractivity contribution in [3.63, 3.8) is 0 Å². The van der Waals surface area contributed by atoms with Crippen molar-refractivity contribution in [1.29, 1.82) is 0 Å². The maximum atomic E-state index is 14.3. The standard InChI is InChI=1S/C31H28N4O4/c1-16-11-17(2)27-22(12-16)31(30(38)33-27)26-25(24(34-31)13-18-15-32-23-10-5-4-9-21(18)23)28(36)35(29(26)37)19-7-6-8-20(14-19)39-3/h4-12,14-15,24-26,32,34H,13H2,1-3H3,(H,33,38). The van der Waals surface area contributed by atoms with Gasteiger partial charge < -0.3 is 15.0 Å². The molecule has 3 aromatic carbocycles. The van der Waals surface area contributed by atoms with Crippen LogP contribution >= 0.6 is 0 Å². The Labute approximate surface area is 225 Å². The number of carbonyl (C=O) groups is 3. The first-order chi connectivity index (χ1) is 18.8. The Bertz CT molecular complexity index is 1710. The first kappa shape index (κ1) is 23.7. The van der Waals surface area contributed by atoms with Crippen LogP contribution < -0.4 is 20.3 Å². The molecular weight excluding hydrogens is 492 g/mol. The number of nitrogens with zero attached hydrogens (tertiary/aromatic N) is 1. The lowest BCUT2D eigenvalue weighted by Gasteiger charge is -2.30. The Morgan fingerprint density at radius 3 is 2.62 bits per heavy atom. The van der Waals surface area contributed by atoms with E-state index in [1.165, 1.54) is 4.90 Å². The molecule has 7 rings (SSSR count). The number of methoxy groups -OCH3 is 1. The Kier molecular flexibility index (Phi) is 5.03. The first-order valence-corrected chi connectivity index (χ1v) is 13.1. The van der Waals surface area contributed by atoms with Gasteiger partial charge in [-0.15, -0.1) is 0 Å². The molecule has 4 unspecified atom stereocenters. The van der Waals surface area contributed by atoms with Gasteiger partial charge in [-0.25, -0.2) is 4.90 Å². The van der Waals surface area contributed by atoms with E-state index in [-0.39, 0.29) is 17.7 Å². The topological polar surface area (TPSA) is 104 Å². The fourth-order valence-corrected chi connectivity index (χ4v) is 6.97. The van der Waals surface area contributed by atoms with Crippen LogP contribution in [0.3, 0.4) is 0 Å². The number of aromatic amines is 1. The number of hydrogen-bond acceptors (Lipinski definition) is 5. The van der Waals surface area contributed by atoms with Crippen molar-refractivity contribution < 1.29 is 19.1 Å². The number of nitrogens with one attached hydrogen (secondary N) is 3. The highest BCUT2D eigenvalue weighted by atomic mass is 16.5. The quantitative estimate of drug-likeness (QED) is 0.354. The van der Waals surface area contributed by atoms with E-state index in [1.54, 1.807) is 31.4 Å². The number of anilines is 2. The molecule has 2 fully saturated rings. The Hall–Kier alpha value is -4.43. The maximum absolute atomic E-state index is 14.3. The van der Waals surface area contributed by atoms with E-state index in [0.717, 1.165) is 33.2 Å². The van der Waals surface area contributed by atoms with E-state index in [9.17, 15) is 14.4 Å². The number of carbonyl (C=O) groups excluding carboxylic acids is 3. The molecule has 4 heterocycles. The Morgan fingerprint density at radius 2 is 1.79 bits per heavy atom. The number of H-pyrrole nitrogens is 1. The summed E-state index contributed by atoms with van der Waals surface area (Å²) in [6.07, 6.45) is 2.43. The highest BCUT2D eigenvalue weighted by molar-refractivity contribution is 6.26. The third-order valence-electron chi connectivity index (χ3n) is 8.59. The fraction of sp³-hybridized carbons (Fsp3) is 0.258. The minimum atomic E-state index is -1.35. The molecule has 8 heteroatoms. The van der Waals surface area contributed by atoms with Gasteiger partial charge in [0.1, 0.15) is 11.3 Å². The predicted molar refractivity (Wildman–Crippen MR) is 148 cm³/mol. The van der Waals surface area contributed by atoms with Gasteiger partial charge in [0.15, 0.2) is 0 Å². The second-order valence-corrected chi connectivity index (χ2v) is 10.8. The molecule has 0 bridgehead atoms. The minimum absolute atomic E-state index is 0.295. The SMILES string of the molecule is COc1cccc(N2C(=O)C3C(Cc4c[nH]c5ccccc45)NC4(C(=O)Nc5c(C)cc(C)cc54)C3C2=O)c1. The maximum Gasteiger partial charge on any atom is 0.250 e. The molecule has 1 aromatic heterocycles. The number of amides is 3. The van der Waals surface area contributed by atoms with Gasteiger partial charge in [-0.3, -0.25) is 19.7 Å². The summed E-state index contributed by atoms with van der Waals surface area (Å²) < 4.78 is 5.37. The van der Waals surface area contributed by atoms with Crippen LogP contribution in [0.4, 0.5) is 11.4 Å². The monoisotopic (exact) mass is 520 g/mol. The molecule has 8 nitrogen and oxygen atoms in total. The molecule has 3 amide bonds. The highest BCUT2D eigenvalue weighted by Gasteiger charge is 2.70. The zero-order valence-corrected chi connectivity index (χ0v) is 21.9. The lowest BCUT2D eigenvalue weighted by molar-refractivity contribution is -0.130. The lowest BCUT2D eigenvalue weighted by atomic mass is 9.75. The van der Waals surface area contributed by atoms with Gasteiger partial charge in [0.05, 0.1) is 24.6 Å². The van der Waals surface area contributed by atoms with Crippen LogP contribution in [0.2, 0.25) is 0 Å². The third kappa shape index (κ3) is 3.18. The van der Waals surface area contributed by atoms with Crippen molar-refractivity contribution >= 4 is 40.0 Å². The van der Waals surface area contributed by atoms with Crippen molar-refractivity contribution in [3.05, 3.63) is 89.1 Å². The van der Waals surface area contributed by atoms with Crippen molar-refractivity contribution in [2.75, 3.05) is 17.3 Å². The number of fused-ring (bicyclic) bond motifs is 5. The Balaban J connectivity index is 1.40. The van der Waals surface area contributed by atoms with Crippen molar-refractivity contribution in [1.82, 2.24) is 10.3 Å². The van der Waals surface area contributed by atoms with E-state index < -0.39 is 23.4 Å². The predicted octanol–water partition coefficient (Wildman–Crippen LogP) is 3.96. The number of aromatic nitrogens is 1. The number of ether oxygens (including phenoxy) is 1. The molecule has 0 saturated carbocycles. The van der Waals surface area contributed by atoms with Crippen LogP contribution in [0.5, 0.6) is 5.75 Å². The molecule has 3 N–H and O–H groups in total. The van der Waals surface area contributed by atoms with E-state index in [0.29, 0.717) is 23.5 Å². The molecule has 4 aromatic rings. The molecule has 2 saturated heterocycles. The summed E-state index contributed by atoms with van der Waals surface area (Å²) in [7, 11) is 1.54. The van der Waals surface area contributed by atoms with Crippen LogP contribution in [-0.2, 0) is 26.3 Å². The third-order valence-corrected chi connectivity index (χ3v) is 8.59. The van der Waals surface area contributed by atoms with Gasteiger partial charge in [0.25, 0.3) is 0 Å². The average Bonchev–Trinajstić information content (AvgIpc) is 3.64. The second kappa shape index (κ2) is 8.28. The smallest absolute Gasteiger partial charge is 0.250 e. The Morgan fingerprint density at radius 1 is 0.974 bits per heavy atom. The molecule has 39 heavy (non-hydrogen) atoms. The molecule has 0 radical (unpaired) electrons. The normalized spacial score (nSPS) is 25.5. The molecular formula is C31H28N4O4. The van der Waals surface area contributed by atoms with E-state index >= 15 is 0 Å². The molecule has 0 aliphatic carbocycles. The summed E-state index contributed by atoms with van der Waals surface area (Å²) in [5.41, 5.74) is 4.47. The van der Waals surface area contributed by atoms with Gasteiger partial charge in [0, 0.05) is 40.5 Å². The summed E-state index contributed by atoms with van der Waals surface area (Å²) >= 11 is 0. The van der Waals surface area contributed by atoms with Gasteiger partial charge in [-0.05, 0) is 49.6 Å². The van der Waals surface area contributed by atoms with Gasteiger partial charge in [-0.2, -0.15) is 0 Å². The summed E-state index contributed by atoms with van der Waals surface area (Å²) in [5.74, 6) is -2.06. The number of benzene rings is 3. The van der Waals surface area contributed by atoms with Crippen molar-refractivity contribution in [2.45, 2.75) is 31.8 Å². The number of aryl methyl sites for hydroxylation is 2. The van der Waals surface area contributed by atoms with Crippen LogP contribution in [0.1, 0.15) is 22.3 Å². The summed E-state index contributed by atoms with van der Waals surface area (Å²) in [6, 6.07) is 18.5. The number of imide groups is 1. The molecule has 196 valence electrons. The average molecular weight is 521 g/mol. The van der Waals surface area contributed by atoms with Crippen LogP contribution in [-0.4, -0.2) is 35.9 Å². The van der Waals surface area contributed by atoms with E-state index in [4.69, 9.17) is 4.74 Å². The molecule has 1 spiro atoms. The zero-order valence-electron chi connectivity index (χ0n) is 21.9. The van der Waals surface area contributed by atoms with Gasteiger partial charge in [-0.1, -0.05) is 42.0 Å². The van der Waals surface area contributed by atoms with Crippen LogP contribution in [0, 0.1) is 25.7 Å². The highest BCUT2D eigenvalue weighted by Crippen LogP contribution is 2.54. The molecule has 4 atom stereocenters. The van der Waals surface area contributed by atoms with Crippen molar-refractivity contribution in [3.8, 4) is 5.75 Å². The van der Waals surface area contributed by atoms with E-state index in [1.807, 2.05) is 56.4 Å². The summed E-state index contributed by atoms with van der Waals surface area (Å²) in [6.45, 7) is 3.93. The number of hydrogen-bond donors (Lipinski definition) is 3. The fourth-order valence-electron chi connectivity index (χ4n) is 6.97. The summed E-state index contributed by atoms with van der Waals surface area (Å²) in [4.78, 5) is 46.9. The van der Waals surface area contributed by atoms with Crippen molar-refractivity contribution in [2.24, 2.45) is 11.8 Å². The zero-order chi connectivity index (χ0) is 27.1. The van der Waals surface area contributed by atoms with Crippen LogP contribution in [0.15, 0.2) is 66.9 Å². The first-order valence-electron chi connectivity index (χ1n) is 13.1. The largest absolute Gasteiger partial charge is 0.497 e. The summed E-state index contributed by atoms with van der Waals surface area (Å²) in [5, 5.41) is 7.67. The molecule has 3 aliphatic rings. The van der Waals surface area contributed by atoms with Gasteiger partial charge in [0.2, 0.25) is 17.7 Å². The van der Waals surface area contributed by atoms with E-state index in [2.05, 4.69) is 15.6 Å². The lowest BCUT2D eigenvalue weighted by Crippen LogP contribution is -2.53. The number of para-hydroxylation sites is 1.